The summed E-state index contributed by atoms with van der Waals surface area (Å²) in [4.78, 5) is 19.3. The van der Waals surface area contributed by atoms with E-state index in [-0.39, 0.29) is 5.91 Å². The molecule has 2 aromatic rings. The highest BCUT2D eigenvalue weighted by atomic mass is 35.5. The number of likely N-dealkylation sites (N-methyl/N-ethyl adjacent to an activating group) is 1. The molecule has 6 heteroatoms. The van der Waals surface area contributed by atoms with E-state index in [9.17, 15) is 4.79 Å². The Labute approximate surface area is 162 Å². The summed E-state index contributed by atoms with van der Waals surface area (Å²) in [6.07, 6.45) is 1.89. The minimum Gasteiger partial charge on any atom is -0.494 e. The molecule has 0 atom stereocenters. The number of benzene rings is 2. The van der Waals surface area contributed by atoms with Gasteiger partial charge in [0.15, 0.2) is 5.17 Å². The standard InChI is InChI=1S/C20H19ClN2O2S/c1-4-25-17-10-5-14(11-13(17)2)12-18-19(24)23(3)20(26-18)22-16-8-6-15(21)7-9-16/h5-12H,4H2,1-3H3. The quantitative estimate of drug-likeness (QED) is 0.671. The molecule has 0 bridgehead atoms. The van der Waals surface area contributed by atoms with Crippen LogP contribution in [-0.4, -0.2) is 29.6 Å². The molecule has 0 saturated carbocycles. The summed E-state index contributed by atoms with van der Waals surface area (Å²) >= 11 is 7.27. The average Bonchev–Trinajstić information content (AvgIpc) is 2.87. The Morgan fingerprint density at radius 3 is 2.62 bits per heavy atom. The van der Waals surface area contributed by atoms with Crippen molar-refractivity contribution in [3.05, 3.63) is 63.5 Å². The van der Waals surface area contributed by atoms with Crippen LogP contribution in [0.15, 0.2) is 52.4 Å². The SMILES string of the molecule is CCOc1ccc(C=C2SC(=Nc3ccc(Cl)cc3)N(C)C2=O)cc1C. The molecule has 1 aliphatic heterocycles. The van der Waals surface area contributed by atoms with Crippen molar-refractivity contribution in [2.24, 2.45) is 4.99 Å². The fraction of sp³-hybridized carbons (Fsp3) is 0.200. The molecule has 3 rings (SSSR count). The normalized spacial score (nSPS) is 17.4. The molecule has 1 aliphatic rings. The molecule has 4 nitrogen and oxygen atoms in total. The molecular formula is C20H19ClN2O2S. The van der Waals surface area contributed by atoms with Crippen LogP contribution in [0.2, 0.25) is 5.02 Å². The van der Waals surface area contributed by atoms with Gasteiger partial charge >= 0.3 is 0 Å². The third-order valence-electron chi connectivity index (χ3n) is 3.85. The lowest BCUT2D eigenvalue weighted by atomic mass is 10.1. The fourth-order valence-corrected chi connectivity index (χ4v) is 3.62. The van der Waals surface area contributed by atoms with Gasteiger partial charge in [-0.2, -0.15) is 0 Å². The maximum absolute atomic E-state index is 12.5. The zero-order valence-electron chi connectivity index (χ0n) is 14.8. The van der Waals surface area contributed by atoms with E-state index in [4.69, 9.17) is 16.3 Å². The van der Waals surface area contributed by atoms with E-state index in [0.29, 0.717) is 21.7 Å². The van der Waals surface area contributed by atoms with Crippen molar-refractivity contribution < 1.29 is 9.53 Å². The minimum absolute atomic E-state index is 0.0609. The second kappa shape index (κ2) is 7.98. The van der Waals surface area contributed by atoms with Crippen molar-refractivity contribution in [2.75, 3.05) is 13.7 Å². The van der Waals surface area contributed by atoms with Crippen LogP contribution < -0.4 is 4.74 Å². The summed E-state index contributed by atoms with van der Waals surface area (Å²) < 4.78 is 5.56. The predicted octanol–water partition coefficient (Wildman–Crippen LogP) is 5.28. The summed E-state index contributed by atoms with van der Waals surface area (Å²) in [5, 5.41) is 1.30. The van der Waals surface area contributed by atoms with Crippen molar-refractivity contribution in [1.82, 2.24) is 4.90 Å². The zero-order valence-corrected chi connectivity index (χ0v) is 16.4. The van der Waals surface area contributed by atoms with Crippen LogP contribution in [0.25, 0.3) is 6.08 Å². The minimum atomic E-state index is -0.0609. The lowest BCUT2D eigenvalue weighted by Gasteiger charge is -2.07. The van der Waals surface area contributed by atoms with Gasteiger partial charge in [0.25, 0.3) is 5.91 Å². The lowest BCUT2D eigenvalue weighted by molar-refractivity contribution is -0.121. The first-order chi connectivity index (χ1) is 12.5. The van der Waals surface area contributed by atoms with Crippen LogP contribution in [0, 0.1) is 6.92 Å². The van der Waals surface area contributed by atoms with E-state index in [1.54, 1.807) is 24.1 Å². The Morgan fingerprint density at radius 1 is 1.23 bits per heavy atom. The topological polar surface area (TPSA) is 41.9 Å². The van der Waals surface area contributed by atoms with E-state index in [1.165, 1.54) is 11.8 Å². The van der Waals surface area contributed by atoms with E-state index in [2.05, 4.69) is 4.99 Å². The van der Waals surface area contributed by atoms with Crippen molar-refractivity contribution in [3.8, 4) is 5.75 Å². The molecule has 0 unspecified atom stereocenters. The molecule has 0 aliphatic carbocycles. The smallest absolute Gasteiger partial charge is 0.266 e. The first-order valence-electron chi connectivity index (χ1n) is 8.23. The summed E-state index contributed by atoms with van der Waals surface area (Å²) in [5.74, 6) is 0.802. The third-order valence-corrected chi connectivity index (χ3v) is 5.16. The van der Waals surface area contributed by atoms with Crippen molar-refractivity contribution in [1.29, 1.82) is 0 Å². The summed E-state index contributed by atoms with van der Waals surface area (Å²) in [7, 11) is 1.73. The van der Waals surface area contributed by atoms with E-state index < -0.39 is 0 Å². The largest absolute Gasteiger partial charge is 0.494 e. The molecule has 0 spiro atoms. The molecule has 1 fully saturated rings. The molecule has 2 aromatic carbocycles. The molecule has 0 N–H and O–H groups in total. The van der Waals surface area contributed by atoms with Crippen LogP contribution in [0.1, 0.15) is 18.1 Å². The number of nitrogens with zero attached hydrogens (tertiary/aromatic N) is 2. The van der Waals surface area contributed by atoms with Gasteiger partial charge in [-0.25, -0.2) is 4.99 Å². The maximum atomic E-state index is 12.5. The summed E-state index contributed by atoms with van der Waals surface area (Å²) in [5.41, 5.74) is 2.76. The summed E-state index contributed by atoms with van der Waals surface area (Å²) in [6.45, 7) is 4.58. The molecule has 26 heavy (non-hydrogen) atoms. The highest BCUT2D eigenvalue weighted by Gasteiger charge is 2.30. The highest BCUT2D eigenvalue weighted by molar-refractivity contribution is 8.18. The maximum Gasteiger partial charge on any atom is 0.266 e. The second-order valence-electron chi connectivity index (χ2n) is 5.80. The number of ether oxygens (including phenoxy) is 1. The van der Waals surface area contributed by atoms with Gasteiger partial charge in [0, 0.05) is 12.1 Å². The van der Waals surface area contributed by atoms with E-state index in [0.717, 1.165) is 22.6 Å². The van der Waals surface area contributed by atoms with Crippen molar-refractivity contribution in [3.63, 3.8) is 0 Å². The molecule has 1 heterocycles. The number of carbonyl (C=O) groups excluding carboxylic acids is 1. The number of aliphatic imine (C=N–C) groups is 1. The summed E-state index contributed by atoms with van der Waals surface area (Å²) in [6, 6.07) is 13.1. The van der Waals surface area contributed by atoms with Crippen molar-refractivity contribution >= 4 is 46.2 Å². The van der Waals surface area contributed by atoms with Gasteiger partial charge in [-0.1, -0.05) is 17.7 Å². The van der Waals surface area contributed by atoms with Crippen molar-refractivity contribution in [2.45, 2.75) is 13.8 Å². The number of thioether (sulfide) groups is 1. The Kier molecular flexibility index (Phi) is 5.69. The number of amidine groups is 1. The van der Waals surface area contributed by atoms with Gasteiger partial charge in [0.05, 0.1) is 17.2 Å². The van der Waals surface area contributed by atoms with Gasteiger partial charge in [0.2, 0.25) is 0 Å². The van der Waals surface area contributed by atoms with Gasteiger partial charge in [-0.05, 0) is 79.2 Å². The van der Waals surface area contributed by atoms with Crippen LogP contribution >= 0.6 is 23.4 Å². The van der Waals surface area contributed by atoms with Crippen LogP contribution in [0.3, 0.4) is 0 Å². The molecule has 134 valence electrons. The average molecular weight is 387 g/mol. The second-order valence-corrected chi connectivity index (χ2v) is 7.25. The van der Waals surface area contributed by atoms with Gasteiger partial charge in [-0.15, -0.1) is 0 Å². The third kappa shape index (κ3) is 4.11. The first kappa shape index (κ1) is 18.5. The number of amides is 1. The Morgan fingerprint density at radius 2 is 1.96 bits per heavy atom. The number of rotatable bonds is 4. The zero-order chi connectivity index (χ0) is 18.7. The number of aryl methyl sites for hydroxylation is 1. The molecule has 0 radical (unpaired) electrons. The van der Waals surface area contributed by atoms with Gasteiger partial charge in [0.1, 0.15) is 5.75 Å². The van der Waals surface area contributed by atoms with Crippen LogP contribution in [0.4, 0.5) is 5.69 Å². The molecule has 1 amide bonds. The van der Waals surface area contributed by atoms with Crippen LogP contribution in [0.5, 0.6) is 5.75 Å². The highest BCUT2D eigenvalue weighted by Crippen LogP contribution is 2.33. The lowest BCUT2D eigenvalue weighted by Crippen LogP contribution is -2.23. The Hall–Kier alpha value is -2.24. The van der Waals surface area contributed by atoms with Gasteiger partial charge in [-0.3, -0.25) is 9.69 Å². The monoisotopic (exact) mass is 386 g/mol. The fourth-order valence-electron chi connectivity index (χ4n) is 2.51. The first-order valence-corrected chi connectivity index (χ1v) is 9.42. The molecule has 0 aromatic heterocycles. The number of carbonyl (C=O) groups is 1. The number of hydrogen-bond acceptors (Lipinski definition) is 4. The Balaban J connectivity index is 1.85. The van der Waals surface area contributed by atoms with E-state index >= 15 is 0 Å². The number of halogens is 1. The number of hydrogen-bond donors (Lipinski definition) is 0. The molecular weight excluding hydrogens is 368 g/mol. The van der Waals surface area contributed by atoms with Crippen LogP contribution in [-0.2, 0) is 4.79 Å². The van der Waals surface area contributed by atoms with E-state index in [1.807, 2.05) is 50.3 Å². The molecule has 1 saturated heterocycles. The Bertz CT molecular complexity index is 891. The van der Waals surface area contributed by atoms with Gasteiger partial charge < -0.3 is 4.74 Å². The predicted molar refractivity (Wildman–Crippen MR) is 109 cm³/mol.